The Bertz CT molecular complexity index is 3940. The molecule has 4 heterocycles. The summed E-state index contributed by atoms with van der Waals surface area (Å²) in [5, 5.41) is 10.7. The molecule has 0 aliphatic carbocycles. The third-order valence-corrected chi connectivity index (χ3v) is 14.1. The van der Waals surface area contributed by atoms with Crippen LogP contribution in [0, 0.1) is 0 Å². The van der Waals surface area contributed by atoms with Crippen molar-refractivity contribution in [3.05, 3.63) is 193 Å². The van der Waals surface area contributed by atoms with Crippen LogP contribution in [0.2, 0.25) is 0 Å². The molecule has 3 aromatic heterocycles. The maximum Gasteiger partial charge on any atom is 0.198 e. The fourth-order valence-corrected chi connectivity index (χ4v) is 10.7. The quantitative estimate of drug-likeness (QED) is 0.169. The molecule has 327 valence electrons. The molecule has 0 bridgehead atoms. The highest BCUT2D eigenvalue weighted by Crippen LogP contribution is 2.49. The fraction of sp³-hybridized carbons (Fsp3) is 0.129. The number of benzene rings is 9. The molecular weight excluding hydrogens is 830 g/mol. The molecule has 0 saturated carbocycles. The molecule has 0 spiro atoms. The molecule has 1 aliphatic rings. The first-order valence-corrected chi connectivity index (χ1v) is 23.7. The lowest BCUT2D eigenvalue weighted by atomic mass is 9.58. The summed E-state index contributed by atoms with van der Waals surface area (Å²) >= 11 is 0. The lowest BCUT2D eigenvalue weighted by molar-refractivity contribution is 0.590. The molecule has 1 radical (unpaired) electrons. The number of para-hydroxylation sites is 4. The van der Waals surface area contributed by atoms with Crippen molar-refractivity contribution < 1.29 is 8.83 Å². The summed E-state index contributed by atoms with van der Waals surface area (Å²) in [7, 11) is 2.40. The van der Waals surface area contributed by atoms with E-state index in [0.717, 1.165) is 111 Å². The van der Waals surface area contributed by atoms with Gasteiger partial charge in [-0.25, -0.2) is 0 Å². The Morgan fingerprint density at radius 1 is 0.500 bits per heavy atom. The normalized spacial score (nSPS) is 12.7. The number of fused-ring (bicyclic) bond motifs is 12. The van der Waals surface area contributed by atoms with E-state index in [1.54, 1.807) is 0 Å². The maximum absolute atomic E-state index is 7.26. The number of aromatic nitrogens is 1. The molecule has 0 amide bonds. The van der Waals surface area contributed by atoms with Crippen LogP contribution < -0.4 is 21.1 Å². The highest BCUT2D eigenvalue weighted by Gasteiger charge is 2.33. The summed E-state index contributed by atoms with van der Waals surface area (Å²) in [5.41, 5.74) is 18.9. The highest BCUT2D eigenvalue weighted by atomic mass is 16.3. The molecule has 0 unspecified atom stereocenters. The zero-order valence-corrected chi connectivity index (χ0v) is 39.1. The molecule has 9 aromatic carbocycles. The Labute approximate surface area is 396 Å². The van der Waals surface area contributed by atoms with Gasteiger partial charge < -0.3 is 23.6 Å². The van der Waals surface area contributed by atoms with Gasteiger partial charge in [-0.2, -0.15) is 0 Å². The lowest BCUT2D eigenvalue weighted by Crippen LogP contribution is -2.37. The van der Waals surface area contributed by atoms with E-state index >= 15 is 0 Å². The van der Waals surface area contributed by atoms with Crippen LogP contribution in [0.15, 0.2) is 191 Å². The third-order valence-electron chi connectivity index (χ3n) is 14.1. The van der Waals surface area contributed by atoms with Crippen LogP contribution in [-0.2, 0) is 10.8 Å². The van der Waals surface area contributed by atoms with Crippen LogP contribution in [0.1, 0.15) is 52.7 Å². The van der Waals surface area contributed by atoms with Gasteiger partial charge >= 0.3 is 0 Å². The van der Waals surface area contributed by atoms with Crippen LogP contribution in [0.5, 0.6) is 0 Å². The van der Waals surface area contributed by atoms with E-state index in [4.69, 9.17) is 8.83 Å². The zero-order chi connectivity index (χ0) is 46.1. The molecule has 5 nitrogen and oxygen atoms in total. The van der Waals surface area contributed by atoms with Gasteiger partial charge in [0.05, 0.1) is 11.2 Å². The van der Waals surface area contributed by atoms with E-state index in [0.29, 0.717) is 0 Å². The van der Waals surface area contributed by atoms with Crippen molar-refractivity contribution in [3.8, 4) is 16.8 Å². The Morgan fingerprint density at radius 2 is 1.13 bits per heavy atom. The minimum absolute atomic E-state index is 0.0300. The van der Waals surface area contributed by atoms with Gasteiger partial charge in [-0.1, -0.05) is 144 Å². The first-order chi connectivity index (χ1) is 33.0. The van der Waals surface area contributed by atoms with Crippen molar-refractivity contribution in [1.82, 2.24) is 4.57 Å². The van der Waals surface area contributed by atoms with Crippen LogP contribution in [-0.4, -0.2) is 11.8 Å². The Kier molecular flexibility index (Phi) is 8.76. The van der Waals surface area contributed by atoms with E-state index in [-0.39, 0.29) is 10.8 Å². The van der Waals surface area contributed by atoms with Crippen LogP contribution in [0.4, 0.5) is 28.4 Å². The van der Waals surface area contributed by atoms with Crippen molar-refractivity contribution >= 4 is 112 Å². The molecule has 0 atom stereocenters. The second-order valence-corrected chi connectivity index (χ2v) is 20.5. The minimum Gasteiger partial charge on any atom is -0.456 e. The molecule has 0 saturated heterocycles. The predicted octanol–water partition coefficient (Wildman–Crippen LogP) is 16.0. The second-order valence-electron chi connectivity index (χ2n) is 20.5. The topological polar surface area (TPSA) is 46.5 Å². The minimum atomic E-state index is -0.0688. The highest BCUT2D eigenvalue weighted by molar-refractivity contribution is 6.74. The molecular formula is C62H49BN3O2. The molecule has 13 rings (SSSR count). The second kappa shape index (κ2) is 14.8. The van der Waals surface area contributed by atoms with Gasteiger partial charge in [0.1, 0.15) is 22.3 Å². The number of hydrogen-bond acceptors (Lipinski definition) is 4. The third kappa shape index (κ3) is 6.24. The molecule has 1 aliphatic heterocycles. The summed E-state index contributed by atoms with van der Waals surface area (Å²) in [6.07, 6.45) is 0. The molecule has 1 N–H and O–H groups in total. The average molecular weight is 879 g/mol. The molecule has 0 fully saturated rings. The standard InChI is InChI=1S/C62H49BN3O2/c1-61(2,3)37-25-28-39(29-26-37)64-49-36-54-45(43-21-13-15-23-52(43)67-54)35-46(49)57-58-59-55(56-44-22-14-16-24-53(44)68-60(56)57)47-33-38(62(4,5)6)27-32-50(47)66(59)51-34-42(30-31-48(51)63-58)65(40-17-9-7-10-18-40)41-19-11-8-12-20-41/h7-36,64H,1-6H3. The van der Waals surface area contributed by atoms with E-state index in [9.17, 15) is 0 Å². The van der Waals surface area contributed by atoms with Crippen molar-refractivity contribution in [2.24, 2.45) is 0 Å². The average Bonchev–Trinajstić information content (AvgIpc) is 4.02. The van der Waals surface area contributed by atoms with E-state index < -0.39 is 0 Å². The predicted molar refractivity (Wildman–Crippen MR) is 288 cm³/mol. The van der Waals surface area contributed by atoms with Crippen molar-refractivity contribution in [2.75, 3.05) is 10.2 Å². The van der Waals surface area contributed by atoms with Gasteiger partial charge in [0.15, 0.2) is 7.28 Å². The number of nitrogens with zero attached hydrogens (tertiary/aromatic N) is 2. The Morgan fingerprint density at radius 3 is 1.82 bits per heavy atom. The Balaban J connectivity index is 1.16. The zero-order valence-electron chi connectivity index (χ0n) is 39.1. The van der Waals surface area contributed by atoms with Crippen molar-refractivity contribution in [3.63, 3.8) is 0 Å². The van der Waals surface area contributed by atoms with Crippen molar-refractivity contribution in [2.45, 2.75) is 52.4 Å². The largest absolute Gasteiger partial charge is 0.456 e. The number of hydrogen-bond donors (Lipinski definition) is 1. The van der Waals surface area contributed by atoms with Gasteiger partial charge in [-0.05, 0) is 106 Å². The van der Waals surface area contributed by atoms with Gasteiger partial charge in [0, 0.05) is 83.5 Å². The van der Waals surface area contributed by atoms with E-state index in [1.807, 2.05) is 6.07 Å². The summed E-state index contributed by atoms with van der Waals surface area (Å²) < 4.78 is 16.4. The number of anilines is 5. The fourth-order valence-electron chi connectivity index (χ4n) is 10.7. The van der Waals surface area contributed by atoms with Crippen LogP contribution in [0.25, 0.3) is 82.5 Å². The number of nitrogens with one attached hydrogen (secondary N) is 1. The van der Waals surface area contributed by atoms with E-state index in [2.05, 4.69) is 240 Å². The summed E-state index contributed by atoms with van der Waals surface area (Å²) in [5.74, 6) is 0. The van der Waals surface area contributed by atoms with Crippen LogP contribution >= 0.6 is 0 Å². The monoisotopic (exact) mass is 878 g/mol. The van der Waals surface area contributed by atoms with Gasteiger partial charge in [0.2, 0.25) is 0 Å². The van der Waals surface area contributed by atoms with Gasteiger partial charge in [-0.15, -0.1) is 0 Å². The number of furan rings is 2. The summed E-state index contributed by atoms with van der Waals surface area (Å²) in [6.45, 7) is 13.7. The smallest absolute Gasteiger partial charge is 0.198 e. The Hall–Kier alpha value is -7.96. The number of rotatable bonds is 6. The first kappa shape index (κ1) is 40.3. The molecule has 12 aromatic rings. The van der Waals surface area contributed by atoms with E-state index in [1.165, 1.54) is 21.9 Å². The summed E-state index contributed by atoms with van der Waals surface area (Å²) in [6, 6.07) is 65.6. The maximum atomic E-state index is 7.26. The van der Waals surface area contributed by atoms with Crippen molar-refractivity contribution in [1.29, 1.82) is 0 Å². The van der Waals surface area contributed by atoms with Gasteiger partial charge in [0.25, 0.3) is 0 Å². The SMILES string of the molecule is CC(C)(C)c1ccc(Nc2cc3oc4ccccc4c3cc2-c2c3c4c(c5cc(C(C)(C)C)ccc5n4-c4cc(N(c5ccccc5)c5ccccc5)ccc4[B]3)c3c2oc2ccccc23)cc1. The molecule has 68 heavy (non-hydrogen) atoms. The lowest BCUT2D eigenvalue weighted by Gasteiger charge is -2.29. The molecule has 6 heteroatoms. The van der Waals surface area contributed by atoms with Gasteiger partial charge in [-0.3, -0.25) is 0 Å². The van der Waals surface area contributed by atoms with Crippen LogP contribution in [0.3, 0.4) is 0 Å². The summed E-state index contributed by atoms with van der Waals surface area (Å²) in [4.78, 5) is 2.35. The first-order valence-electron chi connectivity index (χ1n) is 23.7.